The molecule has 0 unspecified atom stereocenters. The largest absolute Gasteiger partial charge is 0.270 e. The molecule has 0 N–H and O–H groups in total. The van der Waals surface area contributed by atoms with Crippen molar-refractivity contribution in [3.8, 4) is 5.69 Å². The van der Waals surface area contributed by atoms with Crippen LogP contribution in [-0.2, 0) is 7.05 Å². The van der Waals surface area contributed by atoms with Gasteiger partial charge < -0.3 is 0 Å². The fourth-order valence-electron chi connectivity index (χ4n) is 1.12. The first-order chi connectivity index (χ1) is 6.25. The van der Waals surface area contributed by atoms with Gasteiger partial charge in [-0.05, 0) is 24.3 Å². The number of aromatic nitrogens is 3. The Bertz CT molecular complexity index is 405. The number of nitrogens with zero attached hydrogens (tertiary/aromatic N) is 3. The molecule has 1 aromatic carbocycles. The number of halogens is 1. The van der Waals surface area contributed by atoms with Crippen LogP contribution in [0.3, 0.4) is 0 Å². The van der Waals surface area contributed by atoms with Crippen LogP contribution < -0.4 is 4.57 Å². The average Bonchev–Trinajstić information content (AvgIpc) is 2.53. The lowest BCUT2D eigenvalue weighted by molar-refractivity contribution is -0.596. The Hall–Kier alpha value is -1.35. The minimum absolute atomic E-state index is 0.744. The fraction of sp³-hybridized carbons (Fsp3) is 0.111. The lowest BCUT2D eigenvalue weighted by atomic mass is 10.3. The summed E-state index contributed by atoms with van der Waals surface area (Å²) in [5.74, 6) is 0. The van der Waals surface area contributed by atoms with Gasteiger partial charge in [-0.3, -0.25) is 0 Å². The van der Waals surface area contributed by atoms with E-state index < -0.39 is 0 Å². The first-order valence-corrected chi connectivity index (χ1v) is 4.29. The molecule has 2 aromatic rings. The summed E-state index contributed by atoms with van der Waals surface area (Å²) < 4.78 is 3.67. The zero-order chi connectivity index (χ0) is 9.26. The van der Waals surface area contributed by atoms with Gasteiger partial charge in [0.2, 0.25) is 6.33 Å². The van der Waals surface area contributed by atoms with Crippen molar-refractivity contribution in [1.29, 1.82) is 0 Å². The standard InChI is InChI=1S/C9H9ClN3/c1-12-7-13(6-11-12)9-4-2-8(10)3-5-9/h2-7H,1H3/q+1. The van der Waals surface area contributed by atoms with Gasteiger partial charge in [-0.25, -0.2) is 4.57 Å². The van der Waals surface area contributed by atoms with Crippen LogP contribution in [-0.4, -0.2) is 9.78 Å². The van der Waals surface area contributed by atoms with Gasteiger partial charge in [0.15, 0.2) is 0 Å². The molecule has 3 nitrogen and oxygen atoms in total. The van der Waals surface area contributed by atoms with Gasteiger partial charge in [0.1, 0.15) is 5.69 Å². The average molecular weight is 195 g/mol. The van der Waals surface area contributed by atoms with Crippen molar-refractivity contribution in [3.05, 3.63) is 41.9 Å². The molecule has 0 spiro atoms. The van der Waals surface area contributed by atoms with Crippen molar-refractivity contribution in [3.63, 3.8) is 0 Å². The Kier molecular flexibility index (Phi) is 2.02. The molecule has 1 heterocycles. The van der Waals surface area contributed by atoms with E-state index in [0.29, 0.717) is 0 Å². The zero-order valence-corrected chi connectivity index (χ0v) is 7.94. The summed E-state index contributed by atoms with van der Waals surface area (Å²) in [7, 11) is 1.88. The summed E-state index contributed by atoms with van der Waals surface area (Å²) in [5.41, 5.74) is 1.05. The zero-order valence-electron chi connectivity index (χ0n) is 7.18. The molecule has 2 rings (SSSR count). The molecular weight excluding hydrogens is 186 g/mol. The summed E-state index contributed by atoms with van der Waals surface area (Å²) in [6, 6.07) is 7.61. The Morgan fingerprint density at radius 1 is 1.31 bits per heavy atom. The van der Waals surface area contributed by atoms with E-state index in [0.717, 1.165) is 10.7 Å². The van der Waals surface area contributed by atoms with Crippen LogP contribution in [0.2, 0.25) is 5.02 Å². The van der Waals surface area contributed by atoms with Crippen molar-refractivity contribution < 1.29 is 4.57 Å². The van der Waals surface area contributed by atoms with Crippen LogP contribution in [0.4, 0.5) is 0 Å². The Labute approximate surface area is 81.2 Å². The summed E-state index contributed by atoms with van der Waals surface area (Å²) in [6.45, 7) is 0. The van der Waals surface area contributed by atoms with E-state index in [2.05, 4.69) is 5.10 Å². The van der Waals surface area contributed by atoms with Crippen molar-refractivity contribution in [2.45, 2.75) is 0 Å². The number of hydrogen-bond acceptors (Lipinski definition) is 1. The molecule has 0 fully saturated rings. The van der Waals surface area contributed by atoms with E-state index in [1.807, 2.05) is 42.2 Å². The van der Waals surface area contributed by atoms with Crippen molar-refractivity contribution in [2.24, 2.45) is 7.05 Å². The molecule has 1 aromatic heterocycles. The maximum Gasteiger partial charge on any atom is 0.270 e. The molecular formula is C9H9ClN3+. The van der Waals surface area contributed by atoms with Crippen LogP contribution in [0.15, 0.2) is 36.9 Å². The van der Waals surface area contributed by atoms with Crippen LogP contribution in [0.25, 0.3) is 5.69 Å². The van der Waals surface area contributed by atoms with E-state index in [9.17, 15) is 0 Å². The second-order valence-corrected chi connectivity index (χ2v) is 3.24. The number of benzene rings is 1. The molecule has 13 heavy (non-hydrogen) atoms. The molecule has 4 heteroatoms. The SMILES string of the molecule is Cn1c[n+](-c2ccc(Cl)cc2)cn1. The first-order valence-electron chi connectivity index (χ1n) is 3.91. The van der Waals surface area contributed by atoms with Gasteiger partial charge in [-0.15, -0.1) is 4.68 Å². The van der Waals surface area contributed by atoms with E-state index in [1.54, 1.807) is 11.0 Å². The maximum atomic E-state index is 5.77. The first kappa shape index (κ1) is 8.26. The van der Waals surface area contributed by atoms with Gasteiger partial charge >= 0.3 is 0 Å². The molecule has 0 saturated carbocycles. The maximum absolute atomic E-state index is 5.77. The van der Waals surface area contributed by atoms with Gasteiger partial charge in [0.05, 0.1) is 7.05 Å². The third kappa shape index (κ3) is 1.70. The summed E-state index contributed by atoms with van der Waals surface area (Å²) >= 11 is 5.77. The second kappa shape index (κ2) is 3.18. The molecule has 0 aliphatic carbocycles. The molecule has 66 valence electrons. The molecule has 0 aliphatic rings. The summed E-state index contributed by atoms with van der Waals surface area (Å²) in [4.78, 5) is 0. The van der Waals surface area contributed by atoms with Crippen molar-refractivity contribution in [1.82, 2.24) is 9.78 Å². The van der Waals surface area contributed by atoms with E-state index in [4.69, 9.17) is 11.6 Å². The number of rotatable bonds is 1. The fourth-order valence-corrected chi connectivity index (χ4v) is 1.25. The molecule has 0 saturated heterocycles. The van der Waals surface area contributed by atoms with Crippen molar-refractivity contribution >= 4 is 11.6 Å². The van der Waals surface area contributed by atoms with Crippen LogP contribution in [0.1, 0.15) is 0 Å². The van der Waals surface area contributed by atoms with Crippen LogP contribution >= 0.6 is 11.6 Å². The summed E-state index contributed by atoms with van der Waals surface area (Å²) in [6.07, 6.45) is 3.65. The van der Waals surface area contributed by atoms with Crippen LogP contribution in [0, 0.1) is 0 Å². The predicted molar refractivity (Wildman–Crippen MR) is 49.8 cm³/mol. The molecule has 0 bridgehead atoms. The van der Waals surface area contributed by atoms with Gasteiger partial charge in [0.25, 0.3) is 6.33 Å². The van der Waals surface area contributed by atoms with E-state index >= 15 is 0 Å². The van der Waals surface area contributed by atoms with Gasteiger partial charge in [-0.2, -0.15) is 0 Å². The minimum atomic E-state index is 0.744. The van der Waals surface area contributed by atoms with Gasteiger partial charge in [-0.1, -0.05) is 11.6 Å². The Balaban J connectivity index is 2.41. The van der Waals surface area contributed by atoms with Crippen LogP contribution in [0.5, 0.6) is 0 Å². The highest BCUT2D eigenvalue weighted by Gasteiger charge is 2.03. The monoisotopic (exact) mass is 194 g/mol. The van der Waals surface area contributed by atoms with Gasteiger partial charge in [0, 0.05) is 10.1 Å². The normalized spacial score (nSPS) is 10.3. The Morgan fingerprint density at radius 3 is 2.54 bits per heavy atom. The number of hydrogen-bond donors (Lipinski definition) is 0. The van der Waals surface area contributed by atoms with Crippen molar-refractivity contribution in [2.75, 3.05) is 0 Å². The Morgan fingerprint density at radius 2 is 2.00 bits per heavy atom. The highest BCUT2D eigenvalue weighted by molar-refractivity contribution is 6.30. The number of aryl methyl sites for hydroxylation is 1. The van der Waals surface area contributed by atoms with E-state index in [-0.39, 0.29) is 0 Å². The molecule has 0 aliphatic heterocycles. The second-order valence-electron chi connectivity index (χ2n) is 2.80. The highest BCUT2D eigenvalue weighted by Crippen LogP contribution is 2.08. The third-order valence-electron chi connectivity index (χ3n) is 1.77. The molecule has 0 amide bonds. The minimum Gasteiger partial charge on any atom is -0.203 e. The quantitative estimate of drug-likeness (QED) is 0.629. The lowest BCUT2D eigenvalue weighted by Gasteiger charge is -1.94. The molecule has 0 radical (unpaired) electrons. The van der Waals surface area contributed by atoms with E-state index in [1.165, 1.54) is 0 Å². The lowest BCUT2D eigenvalue weighted by Crippen LogP contribution is -2.27. The smallest absolute Gasteiger partial charge is 0.203 e. The topological polar surface area (TPSA) is 21.7 Å². The summed E-state index contributed by atoms with van der Waals surface area (Å²) in [5, 5.41) is 4.81. The molecule has 0 atom stereocenters. The third-order valence-corrected chi connectivity index (χ3v) is 2.03. The predicted octanol–water partition coefficient (Wildman–Crippen LogP) is 1.35. The highest BCUT2D eigenvalue weighted by atomic mass is 35.5.